The number of rotatable bonds is 8. The van der Waals surface area contributed by atoms with E-state index < -0.39 is 47.9 Å². The molecule has 0 aromatic heterocycles. The number of carbonyl (C=O) groups is 5. The van der Waals surface area contributed by atoms with Gasteiger partial charge in [-0.1, -0.05) is 33.3 Å². The number of ether oxygens (including phenoxy) is 2. The van der Waals surface area contributed by atoms with Gasteiger partial charge in [0.05, 0.1) is 18.8 Å². The van der Waals surface area contributed by atoms with Crippen LogP contribution in [0, 0.1) is 34.5 Å². The van der Waals surface area contributed by atoms with Crippen molar-refractivity contribution in [2.24, 2.45) is 34.5 Å². The van der Waals surface area contributed by atoms with Gasteiger partial charge in [0.2, 0.25) is 5.78 Å². The first-order valence-electron chi connectivity index (χ1n) is 13.8. The van der Waals surface area contributed by atoms with Gasteiger partial charge in [-0.3, -0.25) is 24.0 Å². The molecule has 0 aromatic carbocycles. The summed E-state index contributed by atoms with van der Waals surface area (Å²) in [6, 6.07) is 0. The largest absolute Gasteiger partial charge is 0.481 e. The van der Waals surface area contributed by atoms with E-state index in [0.717, 1.165) is 18.4 Å². The SMILES string of the molecule is CC(C)C(=O)O[C@@H]1C[C@@]2(C)[C@@H](CC[C@]2(O)C(=O)COC(=O)CCC(=O)O)[C@@H]2CCC3=CC(=O)CC[C@]3(C)[C@H]21. The number of fused-ring (bicyclic) bond motifs is 5. The monoisotopic (exact) mass is 532 g/mol. The average molecular weight is 533 g/mol. The quantitative estimate of drug-likeness (QED) is 0.449. The van der Waals surface area contributed by atoms with E-state index in [2.05, 4.69) is 6.92 Å². The number of esters is 2. The molecule has 3 saturated carbocycles. The Morgan fingerprint density at radius 1 is 1.08 bits per heavy atom. The molecule has 0 bridgehead atoms. The molecular weight excluding hydrogens is 492 g/mol. The van der Waals surface area contributed by atoms with E-state index in [1.165, 1.54) is 0 Å². The van der Waals surface area contributed by atoms with E-state index in [9.17, 15) is 29.1 Å². The molecule has 9 heteroatoms. The zero-order chi connectivity index (χ0) is 28.0. The van der Waals surface area contributed by atoms with E-state index in [0.29, 0.717) is 25.7 Å². The second kappa shape index (κ2) is 10.2. The molecule has 38 heavy (non-hydrogen) atoms. The molecule has 0 radical (unpaired) electrons. The Morgan fingerprint density at radius 2 is 1.79 bits per heavy atom. The fourth-order valence-electron chi connectivity index (χ4n) is 8.06. The maximum absolute atomic E-state index is 13.4. The van der Waals surface area contributed by atoms with Gasteiger partial charge in [0.1, 0.15) is 11.7 Å². The lowest BCUT2D eigenvalue weighted by atomic mass is 9.45. The normalized spacial score (nSPS) is 37.9. The Bertz CT molecular complexity index is 1060. The Morgan fingerprint density at radius 3 is 2.45 bits per heavy atom. The molecule has 0 amide bonds. The molecule has 0 aliphatic heterocycles. The van der Waals surface area contributed by atoms with E-state index in [4.69, 9.17) is 14.6 Å². The lowest BCUT2D eigenvalue weighted by Crippen LogP contribution is -2.62. The third kappa shape index (κ3) is 4.71. The first kappa shape index (κ1) is 28.5. The van der Waals surface area contributed by atoms with Crippen molar-refractivity contribution in [3.63, 3.8) is 0 Å². The van der Waals surface area contributed by atoms with E-state index >= 15 is 0 Å². The second-order valence-electron chi connectivity index (χ2n) is 12.5. The molecule has 0 spiro atoms. The van der Waals surface area contributed by atoms with Crippen molar-refractivity contribution < 1.29 is 43.7 Å². The topological polar surface area (TPSA) is 144 Å². The molecule has 3 fully saturated rings. The minimum absolute atomic E-state index is 0.00540. The number of hydrogen-bond acceptors (Lipinski definition) is 8. The van der Waals surface area contributed by atoms with Crippen LogP contribution in [-0.4, -0.2) is 58.0 Å². The van der Waals surface area contributed by atoms with Gasteiger partial charge in [0, 0.05) is 17.8 Å². The first-order chi connectivity index (χ1) is 17.7. The summed E-state index contributed by atoms with van der Waals surface area (Å²) in [4.78, 5) is 61.2. The van der Waals surface area contributed by atoms with Crippen LogP contribution in [0.15, 0.2) is 11.6 Å². The van der Waals surface area contributed by atoms with Crippen molar-refractivity contribution in [1.29, 1.82) is 0 Å². The van der Waals surface area contributed by atoms with Crippen molar-refractivity contribution >= 4 is 29.5 Å². The van der Waals surface area contributed by atoms with Crippen LogP contribution in [-0.2, 0) is 33.4 Å². The van der Waals surface area contributed by atoms with Crippen molar-refractivity contribution in [3.05, 3.63) is 11.6 Å². The van der Waals surface area contributed by atoms with Crippen LogP contribution in [0.2, 0.25) is 0 Å². The van der Waals surface area contributed by atoms with Crippen LogP contribution >= 0.6 is 0 Å². The third-order valence-electron chi connectivity index (χ3n) is 10.1. The average Bonchev–Trinajstić information content (AvgIpc) is 3.12. The highest BCUT2D eigenvalue weighted by molar-refractivity contribution is 5.92. The minimum Gasteiger partial charge on any atom is -0.481 e. The zero-order valence-electron chi connectivity index (χ0n) is 22.8. The van der Waals surface area contributed by atoms with E-state index in [1.54, 1.807) is 19.9 Å². The number of aliphatic carboxylic acids is 1. The number of ketones is 2. The smallest absolute Gasteiger partial charge is 0.308 e. The van der Waals surface area contributed by atoms with Crippen molar-refractivity contribution in [2.45, 2.75) is 97.2 Å². The molecule has 210 valence electrons. The van der Waals surface area contributed by atoms with Crippen LogP contribution in [0.3, 0.4) is 0 Å². The summed E-state index contributed by atoms with van der Waals surface area (Å²) < 4.78 is 11.2. The lowest BCUT2D eigenvalue weighted by molar-refractivity contribution is -0.198. The van der Waals surface area contributed by atoms with Crippen LogP contribution in [0.5, 0.6) is 0 Å². The molecule has 0 aromatic rings. The Balaban J connectivity index is 1.63. The molecular formula is C29H40O9. The second-order valence-corrected chi connectivity index (χ2v) is 12.5. The predicted molar refractivity (Wildman–Crippen MR) is 135 cm³/mol. The fraction of sp³-hybridized carbons (Fsp3) is 0.759. The molecule has 7 atom stereocenters. The number of hydrogen-bond donors (Lipinski definition) is 2. The first-order valence-corrected chi connectivity index (χ1v) is 13.8. The van der Waals surface area contributed by atoms with Crippen molar-refractivity contribution in [2.75, 3.05) is 6.61 Å². The molecule has 4 aliphatic carbocycles. The molecule has 0 unspecified atom stereocenters. The highest BCUT2D eigenvalue weighted by Crippen LogP contribution is 2.68. The van der Waals surface area contributed by atoms with Crippen molar-refractivity contribution in [1.82, 2.24) is 0 Å². The maximum atomic E-state index is 13.4. The number of carbonyl (C=O) groups excluding carboxylic acids is 4. The van der Waals surface area contributed by atoms with Gasteiger partial charge >= 0.3 is 17.9 Å². The summed E-state index contributed by atoms with van der Waals surface area (Å²) in [5.41, 5.74) is -1.85. The molecule has 2 N–H and O–H groups in total. The van der Waals surface area contributed by atoms with Crippen LogP contribution in [0.25, 0.3) is 0 Å². The van der Waals surface area contributed by atoms with Crippen LogP contribution < -0.4 is 0 Å². The number of carboxylic acid groups (broad SMARTS) is 1. The van der Waals surface area contributed by atoms with Crippen molar-refractivity contribution in [3.8, 4) is 0 Å². The number of aliphatic hydroxyl groups is 1. The summed E-state index contributed by atoms with van der Waals surface area (Å²) in [6.07, 6.45) is 4.30. The van der Waals surface area contributed by atoms with Gasteiger partial charge in [0.25, 0.3) is 0 Å². The lowest BCUT2D eigenvalue weighted by Gasteiger charge is -2.61. The fourth-order valence-corrected chi connectivity index (χ4v) is 8.06. The van der Waals surface area contributed by atoms with Gasteiger partial charge in [-0.25, -0.2) is 0 Å². The Kier molecular flexibility index (Phi) is 7.64. The standard InChI is InChI=1S/C29H40O9/c1-16(2)26(35)38-21-14-28(4)20(19-6-5-17-13-18(30)9-11-27(17,3)25(19)21)10-12-29(28,36)22(31)15-37-24(34)8-7-23(32)33/h13,16,19-21,25,36H,5-12,14-15H2,1-4H3,(H,32,33)/t19-,20-,21+,25+,27-,28-,29-/m0/s1. The Labute approximate surface area is 223 Å². The predicted octanol–water partition coefficient (Wildman–Crippen LogP) is 3.40. The number of carboxylic acids is 1. The molecule has 0 heterocycles. The van der Waals surface area contributed by atoms with Gasteiger partial charge in [-0.2, -0.15) is 0 Å². The zero-order valence-corrected chi connectivity index (χ0v) is 22.8. The molecule has 9 nitrogen and oxygen atoms in total. The van der Waals surface area contributed by atoms with Crippen LogP contribution in [0.1, 0.15) is 85.5 Å². The highest BCUT2D eigenvalue weighted by Gasteiger charge is 2.69. The molecule has 4 rings (SSSR count). The summed E-state index contributed by atoms with van der Waals surface area (Å²) in [6.45, 7) is 6.97. The van der Waals surface area contributed by atoms with E-state index in [1.807, 2.05) is 6.92 Å². The molecule has 4 aliphatic rings. The number of Topliss-reactive ketones (excluding diaryl/α,β-unsaturated/α-hetero) is 1. The number of allylic oxidation sites excluding steroid dienone is 1. The van der Waals surface area contributed by atoms with Gasteiger partial charge in [-0.15, -0.1) is 0 Å². The maximum Gasteiger partial charge on any atom is 0.308 e. The Hall–Kier alpha value is -2.55. The molecule has 0 saturated heterocycles. The summed E-state index contributed by atoms with van der Waals surface area (Å²) in [5.74, 6) is -3.03. The van der Waals surface area contributed by atoms with Gasteiger partial charge < -0.3 is 19.7 Å². The van der Waals surface area contributed by atoms with Gasteiger partial charge in [0.15, 0.2) is 12.4 Å². The third-order valence-corrected chi connectivity index (χ3v) is 10.1. The summed E-state index contributed by atoms with van der Waals surface area (Å²) in [7, 11) is 0. The van der Waals surface area contributed by atoms with Crippen LogP contribution in [0.4, 0.5) is 0 Å². The minimum atomic E-state index is -1.77. The van der Waals surface area contributed by atoms with Gasteiger partial charge in [-0.05, 0) is 61.9 Å². The highest BCUT2D eigenvalue weighted by atomic mass is 16.5. The summed E-state index contributed by atoms with van der Waals surface area (Å²) >= 11 is 0. The van der Waals surface area contributed by atoms with E-state index in [-0.39, 0.29) is 53.7 Å². The summed E-state index contributed by atoms with van der Waals surface area (Å²) in [5, 5.41) is 20.7.